The molecule has 2 atom stereocenters. The Morgan fingerprint density at radius 3 is 2.24 bits per heavy atom. The molecule has 1 heterocycles. The summed E-state index contributed by atoms with van der Waals surface area (Å²) in [6.07, 6.45) is 1.30. The molecule has 0 aromatic carbocycles. The standard InChI is InChI=1S/C15H32N2/c1-11(2)8-13(5)17-10-15(6,7)16-9-14(17)12(3)4/h11-14,16H,8-10H2,1-7H3. The van der Waals surface area contributed by atoms with E-state index in [-0.39, 0.29) is 5.54 Å². The predicted molar refractivity (Wildman–Crippen MR) is 76.3 cm³/mol. The van der Waals surface area contributed by atoms with Gasteiger partial charge in [0.05, 0.1) is 0 Å². The molecule has 0 bridgehead atoms. The Kier molecular flexibility index (Phi) is 5.03. The Hall–Kier alpha value is -0.0800. The monoisotopic (exact) mass is 240 g/mol. The van der Waals surface area contributed by atoms with Crippen LogP contribution < -0.4 is 5.32 Å². The third kappa shape index (κ3) is 4.26. The van der Waals surface area contributed by atoms with E-state index in [1.807, 2.05) is 0 Å². The molecule has 1 N–H and O–H groups in total. The van der Waals surface area contributed by atoms with Gasteiger partial charge in [-0.15, -0.1) is 0 Å². The third-order valence-electron chi connectivity index (χ3n) is 3.94. The molecular formula is C15H32N2. The zero-order chi connectivity index (χ0) is 13.2. The molecule has 1 rings (SSSR count). The molecule has 2 nitrogen and oxygen atoms in total. The first kappa shape index (κ1) is 15.0. The normalized spacial score (nSPS) is 27.7. The van der Waals surface area contributed by atoms with Gasteiger partial charge in [-0.2, -0.15) is 0 Å². The predicted octanol–water partition coefficient (Wildman–Crippen LogP) is 3.13. The van der Waals surface area contributed by atoms with Gasteiger partial charge in [-0.3, -0.25) is 4.90 Å². The van der Waals surface area contributed by atoms with Gasteiger partial charge in [-0.25, -0.2) is 0 Å². The molecule has 1 saturated heterocycles. The molecule has 0 aromatic heterocycles. The van der Waals surface area contributed by atoms with E-state index in [0.717, 1.165) is 18.4 Å². The van der Waals surface area contributed by atoms with Gasteiger partial charge in [-0.1, -0.05) is 27.7 Å². The van der Waals surface area contributed by atoms with Gasteiger partial charge in [-0.05, 0) is 39.0 Å². The van der Waals surface area contributed by atoms with Crippen molar-refractivity contribution in [2.75, 3.05) is 13.1 Å². The maximum Gasteiger partial charge on any atom is 0.0253 e. The zero-order valence-electron chi connectivity index (χ0n) is 12.9. The van der Waals surface area contributed by atoms with Crippen molar-refractivity contribution in [2.45, 2.75) is 72.5 Å². The molecule has 1 fully saturated rings. The van der Waals surface area contributed by atoms with Crippen molar-refractivity contribution in [3.05, 3.63) is 0 Å². The van der Waals surface area contributed by atoms with Crippen LogP contribution in [0, 0.1) is 11.8 Å². The minimum atomic E-state index is 0.261. The van der Waals surface area contributed by atoms with Crippen LogP contribution in [0.1, 0.15) is 54.9 Å². The van der Waals surface area contributed by atoms with Crippen LogP contribution in [0.3, 0.4) is 0 Å². The maximum atomic E-state index is 3.69. The van der Waals surface area contributed by atoms with Crippen molar-refractivity contribution in [3.8, 4) is 0 Å². The summed E-state index contributed by atoms with van der Waals surface area (Å²) in [5, 5.41) is 3.69. The molecular weight excluding hydrogens is 208 g/mol. The third-order valence-corrected chi connectivity index (χ3v) is 3.94. The Balaban J connectivity index is 2.73. The van der Waals surface area contributed by atoms with E-state index in [4.69, 9.17) is 0 Å². The van der Waals surface area contributed by atoms with Crippen LogP contribution in [0.2, 0.25) is 0 Å². The highest BCUT2D eigenvalue weighted by Gasteiger charge is 2.36. The minimum Gasteiger partial charge on any atom is -0.309 e. The van der Waals surface area contributed by atoms with Gasteiger partial charge in [0.2, 0.25) is 0 Å². The van der Waals surface area contributed by atoms with Crippen LogP contribution >= 0.6 is 0 Å². The van der Waals surface area contributed by atoms with Crippen LogP contribution in [-0.2, 0) is 0 Å². The minimum absolute atomic E-state index is 0.261. The smallest absolute Gasteiger partial charge is 0.0253 e. The summed E-state index contributed by atoms with van der Waals surface area (Å²) in [6, 6.07) is 1.39. The topological polar surface area (TPSA) is 15.3 Å². The second-order valence-electron chi connectivity index (χ2n) is 7.23. The van der Waals surface area contributed by atoms with E-state index >= 15 is 0 Å². The Morgan fingerprint density at radius 2 is 1.76 bits per heavy atom. The van der Waals surface area contributed by atoms with Crippen LogP contribution in [0.15, 0.2) is 0 Å². The zero-order valence-corrected chi connectivity index (χ0v) is 12.9. The van der Waals surface area contributed by atoms with Crippen LogP contribution in [0.25, 0.3) is 0 Å². The quantitative estimate of drug-likeness (QED) is 0.812. The van der Waals surface area contributed by atoms with Gasteiger partial charge >= 0.3 is 0 Å². The lowest BCUT2D eigenvalue weighted by molar-refractivity contribution is 0.0307. The fraction of sp³-hybridized carbons (Fsp3) is 1.00. The molecule has 0 radical (unpaired) electrons. The van der Waals surface area contributed by atoms with Crippen molar-refractivity contribution in [2.24, 2.45) is 11.8 Å². The number of nitrogens with one attached hydrogen (secondary N) is 1. The van der Waals surface area contributed by atoms with E-state index in [9.17, 15) is 0 Å². The van der Waals surface area contributed by atoms with E-state index < -0.39 is 0 Å². The van der Waals surface area contributed by atoms with E-state index in [1.54, 1.807) is 0 Å². The summed E-state index contributed by atoms with van der Waals surface area (Å²) in [5.74, 6) is 1.52. The second kappa shape index (κ2) is 5.71. The van der Waals surface area contributed by atoms with Crippen LogP contribution in [-0.4, -0.2) is 35.6 Å². The fourth-order valence-electron chi connectivity index (χ4n) is 3.05. The molecule has 2 unspecified atom stereocenters. The Morgan fingerprint density at radius 1 is 1.18 bits per heavy atom. The largest absolute Gasteiger partial charge is 0.309 e. The number of hydrogen-bond donors (Lipinski definition) is 1. The van der Waals surface area contributed by atoms with Crippen molar-refractivity contribution < 1.29 is 0 Å². The summed E-state index contributed by atoms with van der Waals surface area (Å²) >= 11 is 0. The molecule has 2 heteroatoms. The first-order valence-electron chi connectivity index (χ1n) is 7.23. The molecule has 0 spiro atoms. The Labute approximate surface area is 108 Å². The van der Waals surface area contributed by atoms with Gasteiger partial charge in [0.1, 0.15) is 0 Å². The molecule has 17 heavy (non-hydrogen) atoms. The highest BCUT2D eigenvalue weighted by Crippen LogP contribution is 2.25. The molecule has 0 aliphatic carbocycles. The molecule has 0 amide bonds. The SMILES string of the molecule is CC(C)CC(C)N1CC(C)(C)NCC1C(C)C. The average Bonchev–Trinajstić information content (AvgIpc) is 2.14. The highest BCUT2D eigenvalue weighted by atomic mass is 15.3. The van der Waals surface area contributed by atoms with Crippen molar-refractivity contribution >= 4 is 0 Å². The molecule has 1 aliphatic rings. The van der Waals surface area contributed by atoms with Crippen molar-refractivity contribution in [1.82, 2.24) is 10.2 Å². The lowest BCUT2D eigenvalue weighted by Crippen LogP contribution is -2.64. The van der Waals surface area contributed by atoms with Crippen LogP contribution in [0.5, 0.6) is 0 Å². The Bertz CT molecular complexity index is 233. The first-order valence-corrected chi connectivity index (χ1v) is 7.23. The molecule has 1 aliphatic heterocycles. The van der Waals surface area contributed by atoms with Gasteiger partial charge in [0.25, 0.3) is 0 Å². The molecule has 0 aromatic rings. The summed E-state index contributed by atoms with van der Waals surface area (Å²) in [5.41, 5.74) is 0.261. The summed E-state index contributed by atoms with van der Waals surface area (Å²) < 4.78 is 0. The van der Waals surface area contributed by atoms with Crippen molar-refractivity contribution in [3.63, 3.8) is 0 Å². The first-order chi connectivity index (χ1) is 7.73. The van der Waals surface area contributed by atoms with Crippen LogP contribution in [0.4, 0.5) is 0 Å². The highest BCUT2D eigenvalue weighted by molar-refractivity contribution is 4.95. The maximum absolute atomic E-state index is 3.69. The summed E-state index contributed by atoms with van der Waals surface area (Å²) in [7, 11) is 0. The van der Waals surface area contributed by atoms with Crippen molar-refractivity contribution in [1.29, 1.82) is 0 Å². The van der Waals surface area contributed by atoms with Gasteiger partial charge in [0.15, 0.2) is 0 Å². The number of rotatable bonds is 4. The summed E-state index contributed by atoms with van der Waals surface area (Å²) in [6.45, 7) is 18.7. The summed E-state index contributed by atoms with van der Waals surface area (Å²) in [4.78, 5) is 2.74. The fourth-order valence-corrected chi connectivity index (χ4v) is 3.05. The molecule has 0 saturated carbocycles. The lowest BCUT2D eigenvalue weighted by Gasteiger charge is -2.49. The lowest BCUT2D eigenvalue weighted by atomic mass is 9.90. The van der Waals surface area contributed by atoms with Gasteiger partial charge < -0.3 is 5.32 Å². The number of nitrogens with zero attached hydrogens (tertiary/aromatic N) is 1. The number of piperazine rings is 1. The van der Waals surface area contributed by atoms with E-state index in [0.29, 0.717) is 12.1 Å². The number of hydrogen-bond acceptors (Lipinski definition) is 2. The average molecular weight is 240 g/mol. The van der Waals surface area contributed by atoms with Gasteiger partial charge in [0, 0.05) is 30.7 Å². The van der Waals surface area contributed by atoms with E-state index in [2.05, 4.69) is 58.7 Å². The second-order valence-corrected chi connectivity index (χ2v) is 7.23. The van der Waals surface area contributed by atoms with E-state index in [1.165, 1.54) is 13.0 Å². The molecule has 102 valence electrons.